The van der Waals surface area contributed by atoms with Crippen molar-refractivity contribution in [3.8, 4) is 11.4 Å². The van der Waals surface area contributed by atoms with Crippen molar-refractivity contribution in [2.45, 2.75) is 18.6 Å². The van der Waals surface area contributed by atoms with Crippen molar-refractivity contribution in [1.82, 2.24) is 19.7 Å². The van der Waals surface area contributed by atoms with Gasteiger partial charge >= 0.3 is 0 Å². The predicted molar refractivity (Wildman–Crippen MR) is 107 cm³/mol. The van der Waals surface area contributed by atoms with Crippen LogP contribution in [0.25, 0.3) is 11.4 Å². The molecule has 0 atom stereocenters. The Hall–Kier alpha value is -1.90. The number of halogens is 2. The van der Waals surface area contributed by atoms with Gasteiger partial charge in [0.25, 0.3) is 0 Å². The molecule has 1 amide bonds. The molecule has 3 aromatic rings. The van der Waals surface area contributed by atoms with E-state index < -0.39 is 0 Å². The Bertz CT molecular complexity index is 919. The normalized spacial score (nSPS) is 10.7. The summed E-state index contributed by atoms with van der Waals surface area (Å²) in [5.41, 5.74) is 1.47. The highest BCUT2D eigenvalue weighted by Gasteiger charge is 2.15. The van der Waals surface area contributed by atoms with Gasteiger partial charge in [-0.2, -0.15) is 0 Å². The first kappa shape index (κ1) is 18.9. The van der Waals surface area contributed by atoms with Crippen LogP contribution in [0.3, 0.4) is 0 Å². The lowest BCUT2D eigenvalue weighted by molar-refractivity contribution is -0.113. The highest BCUT2D eigenvalue weighted by molar-refractivity contribution is 9.10. The van der Waals surface area contributed by atoms with Crippen LogP contribution < -0.4 is 5.32 Å². The number of hydrogen-bond donors (Lipinski definition) is 1. The first-order valence-corrected chi connectivity index (χ1v) is 9.95. The van der Waals surface area contributed by atoms with Crippen molar-refractivity contribution in [2.75, 3.05) is 11.1 Å². The molecule has 9 heteroatoms. The van der Waals surface area contributed by atoms with Crippen LogP contribution in [0, 0.1) is 0 Å². The molecule has 0 saturated heterocycles. The molecule has 0 unspecified atom stereocenters. The number of hydrogen-bond acceptors (Lipinski definition) is 5. The maximum Gasteiger partial charge on any atom is 0.234 e. The van der Waals surface area contributed by atoms with Gasteiger partial charge in [0, 0.05) is 29.0 Å². The Morgan fingerprint density at radius 2 is 2.19 bits per heavy atom. The lowest BCUT2D eigenvalue weighted by Gasteiger charge is -2.08. The summed E-state index contributed by atoms with van der Waals surface area (Å²) >= 11 is 10.8. The molecule has 0 aliphatic carbocycles. The van der Waals surface area contributed by atoms with E-state index in [0.29, 0.717) is 22.4 Å². The molecular weight excluding hydrogens is 438 g/mol. The monoisotopic (exact) mass is 451 g/mol. The zero-order valence-electron chi connectivity index (χ0n) is 13.8. The summed E-state index contributed by atoms with van der Waals surface area (Å²) in [6, 6.07) is 9.09. The van der Waals surface area contributed by atoms with Gasteiger partial charge in [-0.05, 0) is 37.3 Å². The SMILES string of the molecule is CCn1c(SCC(=O)Nc2ccc(Br)cc2Cl)nnc1-c1cccnc1. The molecule has 0 fully saturated rings. The fourth-order valence-corrected chi connectivity index (χ4v) is 3.82. The van der Waals surface area contributed by atoms with Crippen molar-refractivity contribution in [3.63, 3.8) is 0 Å². The Balaban J connectivity index is 1.68. The second-order valence-corrected chi connectivity index (χ2v) is 7.52. The number of pyridine rings is 1. The minimum absolute atomic E-state index is 0.159. The third-order valence-corrected chi connectivity index (χ3v) is 5.26. The molecule has 1 N–H and O–H groups in total. The molecule has 2 aromatic heterocycles. The molecule has 0 saturated carbocycles. The fraction of sp³-hybridized carbons (Fsp3) is 0.176. The summed E-state index contributed by atoms with van der Waals surface area (Å²) in [4.78, 5) is 16.3. The molecule has 0 bridgehead atoms. The zero-order valence-corrected chi connectivity index (χ0v) is 17.0. The number of rotatable bonds is 6. The smallest absolute Gasteiger partial charge is 0.234 e. The predicted octanol–water partition coefficient (Wildman–Crippen LogP) is 4.51. The van der Waals surface area contributed by atoms with Gasteiger partial charge in [-0.15, -0.1) is 10.2 Å². The van der Waals surface area contributed by atoms with Crippen LogP contribution in [-0.4, -0.2) is 31.4 Å². The van der Waals surface area contributed by atoms with Crippen LogP contribution in [0.2, 0.25) is 5.02 Å². The number of nitrogens with zero attached hydrogens (tertiary/aromatic N) is 4. The summed E-state index contributed by atoms with van der Waals surface area (Å²) in [6.07, 6.45) is 3.45. The first-order chi connectivity index (χ1) is 12.6. The third-order valence-electron chi connectivity index (χ3n) is 3.49. The lowest BCUT2D eigenvalue weighted by atomic mass is 10.3. The van der Waals surface area contributed by atoms with Crippen molar-refractivity contribution >= 4 is 50.9 Å². The van der Waals surface area contributed by atoms with Crippen LogP contribution in [-0.2, 0) is 11.3 Å². The van der Waals surface area contributed by atoms with E-state index >= 15 is 0 Å². The Morgan fingerprint density at radius 3 is 2.88 bits per heavy atom. The van der Waals surface area contributed by atoms with Gasteiger partial charge in [0.05, 0.1) is 16.5 Å². The van der Waals surface area contributed by atoms with Crippen molar-refractivity contribution in [3.05, 3.63) is 52.2 Å². The summed E-state index contributed by atoms with van der Waals surface area (Å²) in [7, 11) is 0. The highest BCUT2D eigenvalue weighted by atomic mass is 79.9. The molecule has 3 rings (SSSR count). The zero-order chi connectivity index (χ0) is 18.5. The third kappa shape index (κ3) is 4.44. The second kappa shape index (κ2) is 8.66. The summed E-state index contributed by atoms with van der Waals surface area (Å²) in [5, 5.41) is 12.4. The summed E-state index contributed by atoms with van der Waals surface area (Å²) in [6.45, 7) is 2.70. The minimum atomic E-state index is -0.159. The van der Waals surface area contributed by atoms with Gasteiger partial charge in [0.2, 0.25) is 5.91 Å². The van der Waals surface area contributed by atoms with Gasteiger partial charge in [-0.3, -0.25) is 9.78 Å². The van der Waals surface area contributed by atoms with E-state index in [4.69, 9.17) is 11.6 Å². The summed E-state index contributed by atoms with van der Waals surface area (Å²) in [5.74, 6) is 0.782. The average Bonchev–Trinajstić information content (AvgIpc) is 3.06. The number of thioether (sulfide) groups is 1. The van der Waals surface area contributed by atoms with E-state index in [1.165, 1.54) is 11.8 Å². The van der Waals surface area contributed by atoms with E-state index in [1.54, 1.807) is 24.5 Å². The number of carbonyl (C=O) groups excluding carboxylic acids is 1. The van der Waals surface area contributed by atoms with Crippen LogP contribution in [0.15, 0.2) is 52.4 Å². The number of amides is 1. The van der Waals surface area contributed by atoms with Gasteiger partial charge in [0.1, 0.15) is 0 Å². The quantitative estimate of drug-likeness (QED) is 0.557. The maximum atomic E-state index is 12.2. The van der Waals surface area contributed by atoms with Crippen LogP contribution >= 0.6 is 39.3 Å². The van der Waals surface area contributed by atoms with Crippen LogP contribution in [0.5, 0.6) is 0 Å². The van der Waals surface area contributed by atoms with Gasteiger partial charge < -0.3 is 9.88 Å². The standard InChI is InChI=1S/C17H15BrClN5OS/c1-2-24-16(11-4-3-7-20-9-11)22-23-17(24)26-10-15(25)21-14-6-5-12(18)8-13(14)19/h3-9H,2,10H2,1H3,(H,21,25). The molecule has 2 heterocycles. The molecule has 26 heavy (non-hydrogen) atoms. The van der Waals surface area contributed by atoms with Crippen LogP contribution in [0.4, 0.5) is 5.69 Å². The Kier molecular flexibility index (Phi) is 6.29. The molecule has 0 aliphatic rings. The van der Waals surface area contributed by atoms with Crippen molar-refractivity contribution in [1.29, 1.82) is 0 Å². The molecule has 0 aliphatic heterocycles. The van der Waals surface area contributed by atoms with E-state index in [2.05, 4.69) is 36.4 Å². The molecule has 1 aromatic carbocycles. The molecular formula is C17H15BrClN5OS. The van der Waals surface area contributed by atoms with E-state index in [0.717, 1.165) is 15.9 Å². The second-order valence-electron chi connectivity index (χ2n) is 5.25. The van der Waals surface area contributed by atoms with E-state index in [9.17, 15) is 4.79 Å². The molecule has 0 radical (unpaired) electrons. The molecule has 0 spiro atoms. The topological polar surface area (TPSA) is 72.7 Å². The highest BCUT2D eigenvalue weighted by Crippen LogP contribution is 2.27. The average molecular weight is 453 g/mol. The number of carbonyl (C=O) groups is 1. The summed E-state index contributed by atoms with van der Waals surface area (Å²) < 4.78 is 2.82. The van der Waals surface area contributed by atoms with E-state index in [-0.39, 0.29) is 11.7 Å². The number of benzene rings is 1. The fourth-order valence-electron chi connectivity index (χ4n) is 2.30. The van der Waals surface area contributed by atoms with Crippen molar-refractivity contribution < 1.29 is 4.79 Å². The maximum absolute atomic E-state index is 12.2. The number of nitrogens with one attached hydrogen (secondary N) is 1. The Labute approximate surface area is 168 Å². The van der Waals surface area contributed by atoms with Gasteiger partial charge in [-0.1, -0.05) is 39.3 Å². The first-order valence-electron chi connectivity index (χ1n) is 7.79. The lowest BCUT2D eigenvalue weighted by Crippen LogP contribution is -2.15. The number of anilines is 1. The largest absolute Gasteiger partial charge is 0.324 e. The van der Waals surface area contributed by atoms with Gasteiger partial charge in [-0.25, -0.2) is 0 Å². The van der Waals surface area contributed by atoms with Gasteiger partial charge in [0.15, 0.2) is 11.0 Å². The van der Waals surface area contributed by atoms with E-state index in [1.807, 2.05) is 29.7 Å². The Morgan fingerprint density at radius 1 is 1.35 bits per heavy atom. The van der Waals surface area contributed by atoms with Crippen molar-refractivity contribution in [2.24, 2.45) is 0 Å². The molecule has 134 valence electrons. The molecule has 6 nitrogen and oxygen atoms in total. The van der Waals surface area contributed by atoms with Crippen LogP contribution in [0.1, 0.15) is 6.92 Å². The minimum Gasteiger partial charge on any atom is -0.324 e. The number of aromatic nitrogens is 4.